The largest absolute Gasteiger partial charge is 0.490 e. The minimum Gasteiger partial charge on any atom is -0.475 e. The van der Waals surface area contributed by atoms with Crippen LogP contribution in [0, 0.1) is 0 Å². The molecule has 0 bridgehead atoms. The molecule has 2 aliphatic rings. The summed E-state index contributed by atoms with van der Waals surface area (Å²) in [6.07, 6.45) is -10.8. The van der Waals surface area contributed by atoms with Gasteiger partial charge in [0, 0.05) is 64.1 Å². The third-order valence-corrected chi connectivity index (χ3v) is 5.22. The first-order chi connectivity index (χ1) is 18.9. The third kappa shape index (κ3) is 15.7. The van der Waals surface area contributed by atoms with Gasteiger partial charge in [0.15, 0.2) is 0 Å². The number of ether oxygens (including phenoxy) is 1. The van der Waals surface area contributed by atoms with Crippen LogP contribution in [-0.2, 0) is 32.7 Å². The smallest absolute Gasteiger partial charge is 0.475 e. The number of aromatic nitrogens is 2. The number of halogens is 9. The fourth-order valence-corrected chi connectivity index (χ4v) is 3.38. The Morgan fingerprint density at radius 2 is 1.38 bits per heavy atom. The van der Waals surface area contributed by atoms with Crippen molar-refractivity contribution in [3.8, 4) is 0 Å². The molecule has 42 heavy (non-hydrogen) atoms. The van der Waals surface area contributed by atoms with Gasteiger partial charge in [0.1, 0.15) is 0 Å². The fraction of sp³-hybridized carbons (Fsp3) is 0.714. The van der Waals surface area contributed by atoms with E-state index < -0.39 is 36.4 Å². The summed E-state index contributed by atoms with van der Waals surface area (Å²) in [7, 11) is 6.25. The van der Waals surface area contributed by atoms with E-state index in [-0.39, 0.29) is 0 Å². The molecule has 2 aliphatic heterocycles. The Morgan fingerprint density at radius 3 is 1.74 bits per heavy atom. The summed E-state index contributed by atoms with van der Waals surface area (Å²) in [6, 6.07) is 0.551. The second kappa shape index (κ2) is 16.5. The van der Waals surface area contributed by atoms with E-state index in [9.17, 15) is 39.5 Å². The van der Waals surface area contributed by atoms with E-state index in [2.05, 4.69) is 40.1 Å². The number of alkyl halides is 9. The summed E-state index contributed by atoms with van der Waals surface area (Å²) in [5, 5.41) is 25.6. The molecule has 3 N–H and O–H groups in total. The Labute approximate surface area is 232 Å². The standard InChI is InChI=1S/C15H27N5O.3C2HF3O2/c1-17(2)4-5-20-6-7-21-15-12-19(11-14(15)20)10-13-8-16-18(3)9-13;3*3-2(4,5)1(6)7/h8-9,14-15H,4-7,10-12H2,1-3H3;3*(H,6,7)/t14-,15+;;;/m1.../s1. The first-order valence-corrected chi connectivity index (χ1v) is 11.6. The van der Waals surface area contributed by atoms with E-state index in [1.165, 1.54) is 5.56 Å². The van der Waals surface area contributed by atoms with Gasteiger partial charge in [-0.05, 0) is 14.1 Å². The molecule has 1 aromatic heterocycles. The van der Waals surface area contributed by atoms with E-state index >= 15 is 0 Å². The van der Waals surface area contributed by atoms with Gasteiger partial charge >= 0.3 is 36.4 Å². The summed E-state index contributed by atoms with van der Waals surface area (Å²) in [5.41, 5.74) is 1.29. The van der Waals surface area contributed by atoms with Gasteiger partial charge in [-0.1, -0.05) is 0 Å². The molecule has 0 saturated carbocycles. The maximum Gasteiger partial charge on any atom is 0.490 e. The third-order valence-electron chi connectivity index (χ3n) is 5.22. The number of hydrogen-bond donors (Lipinski definition) is 3. The zero-order valence-electron chi connectivity index (χ0n) is 22.4. The van der Waals surface area contributed by atoms with Gasteiger partial charge in [0.25, 0.3) is 0 Å². The molecule has 2 fully saturated rings. The van der Waals surface area contributed by atoms with Crippen molar-refractivity contribution in [3.63, 3.8) is 0 Å². The van der Waals surface area contributed by atoms with Crippen LogP contribution in [0.2, 0.25) is 0 Å². The van der Waals surface area contributed by atoms with E-state index in [1.54, 1.807) is 0 Å². The van der Waals surface area contributed by atoms with Crippen LogP contribution in [0.15, 0.2) is 12.4 Å². The Kier molecular flexibility index (Phi) is 15.2. The quantitative estimate of drug-likeness (QED) is 0.407. The molecule has 0 spiro atoms. The number of likely N-dealkylation sites (N-methyl/N-ethyl adjacent to an activating group) is 1. The normalized spacial score (nSPS) is 19.4. The highest BCUT2D eigenvalue weighted by atomic mass is 19.4. The molecule has 3 heterocycles. The minimum atomic E-state index is -5.08. The van der Waals surface area contributed by atoms with Gasteiger partial charge < -0.3 is 25.0 Å². The lowest BCUT2D eigenvalue weighted by molar-refractivity contribution is -0.193. The number of nitrogens with zero attached hydrogens (tertiary/aromatic N) is 5. The predicted molar refractivity (Wildman–Crippen MR) is 123 cm³/mol. The molecule has 0 radical (unpaired) electrons. The molecular formula is C21H30F9N5O7. The van der Waals surface area contributed by atoms with Gasteiger partial charge in [-0.25, -0.2) is 14.4 Å². The van der Waals surface area contributed by atoms with Gasteiger partial charge in [-0.15, -0.1) is 0 Å². The number of fused-ring (bicyclic) bond motifs is 1. The number of aryl methyl sites for hydroxylation is 1. The molecular weight excluding hydrogens is 605 g/mol. The monoisotopic (exact) mass is 635 g/mol. The first-order valence-electron chi connectivity index (χ1n) is 11.6. The summed E-state index contributed by atoms with van der Waals surface area (Å²) in [6.45, 7) is 7.31. The Balaban J connectivity index is 0.000000660. The molecule has 244 valence electrons. The molecule has 0 unspecified atom stereocenters. The molecule has 2 atom stereocenters. The second-order valence-electron chi connectivity index (χ2n) is 8.94. The zero-order chi connectivity index (χ0) is 33.1. The van der Waals surface area contributed by atoms with Crippen molar-refractivity contribution in [3.05, 3.63) is 18.0 Å². The van der Waals surface area contributed by atoms with Gasteiger partial charge in [0.05, 0.1) is 18.9 Å². The van der Waals surface area contributed by atoms with Gasteiger partial charge in [-0.2, -0.15) is 44.6 Å². The number of rotatable bonds is 5. The Morgan fingerprint density at radius 1 is 0.929 bits per heavy atom. The van der Waals surface area contributed by atoms with Crippen LogP contribution in [0.4, 0.5) is 39.5 Å². The van der Waals surface area contributed by atoms with Crippen LogP contribution < -0.4 is 0 Å². The zero-order valence-corrected chi connectivity index (χ0v) is 22.4. The number of carboxylic acids is 3. The van der Waals surface area contributed by atoms with Crippen LogP contribution >= 0.6 is 0 Å². The SMILES string of the molecule is CN(C)CCN1CCO[C@H]2CN(Cc3cnn(C)c3)C[C@H]21.O=C(O)C(F)(F)F.O=C(O)C(F)(F)F.O=C(O)C(F)(F)F. The molecule has 0 aromatic carbocycles. The maximum atomic E-state index is 10.6. The van der Waals surface area contributed by atoms with Crippen molar-refractivity contribution >= 4 is 17.9 Å². The molecule has 0 amide bonds. The Bertz CT molecular complexity index is 943. The van der Waals surface area contributed by atoms with Crippen LogP contribution in [-0.4, -0.2) is 142 Å². The number of morpholine rings is 1. The predicted octanol–water partition coefficient (Wildman–Crippen LogP) is 1.77. The van der Waals surface area contributed by atoms with Crippen molar-refractivity contribution in [2.24, 2.45) is 7.05 Å². The van der Waals surface area contributed by atoms with E-state index in [1.807, 2.05) is 17.9 Å². The number of likely N-dealkylation sites (tertiary alicyclic amines) is 1. The number of hydrogen-bond acceptors (Lipinski definition) is 8. The summed E-state index contributed by atoms with van der Waals surface area (Å²) < 4.78 is 103. The first kappa shape index (κ1) is 38.8. The summed E-state index contributed by atoms with van der Waals surface area (Å²) in [4.78, 5) is 34.1. The van der Waals surface area contributed by atoms with Crippen LogP contribution in [0.1, 0.15) is 5.56 Å². The number of carboxylic acid groups (broad SMARTS) is 3. The Hall–Kier alpha value is -3.17. The number of aliphatic carboxylic acids is 3. The lowest BCUT2D eigenvalue weighted by atomic mass is 10.1. The highest BCUT2D eigenvalue weighted by Gasteiger charge is 2.40. The minimum absolute atomic E-state index is 0.373. The fourth-order valence-electron chi connectivity index (χ4n) is 3.38. The van der Waals surface area contributed by atoms with E-state index in [0.717, 1.165) is 45.9 Å². The molecule has 2 saturated heterocycles. The van der Waals surface area contributed by atoms with Crippen LogP contribution in [0.25, 0.3) is 0 Å². The second-order valence-corrected chi connectivity index (χ2v) is 8.94. The average Bonchev–Trinajstić information content (AvgIpc) is 3.42. The lowest BCUT2D eigenvalue weighted by Gasteiger charge is -2.37. The van der Waals surface area contributed by atoms with Crippen LogP contribution in [0.3, 0.4) is 0 Å². The summed E-state index contributed by atoms with van der Waals surface area (Å²) >= 11 is 0. The van der Waals surface area contributed by atoms with Crippen molar-refractivity contribution < 1.29 is 74.0 Å². The lowest BCUT2D eigenvalue weighted by Crippen LogP contribution is -2.52. The number of carbonyl (C=O) groups is 3. The van der Waals surface area contributed by atoms with Gasteiger partial charge in [-0.3, -0.25) is 14.5 Å². The average molecular weight is 635 g/mol. The van der Waals surface area contributed by atoms with Crippen molar-refractivity contribution in [2.75, 3.05) is 53.4 Å². The van der Waals surface area contributed by atoms with Gasteiger partial charge in [0.2, 0.25) is 0 Å². The molecule has 12 nitrogen and oxygen atoms in total. The van der Waals surface area contributed by atoms with E-state index in [4.69, 9.17) is 34.4 Å². The highest BCUT2D eigenvalue weighted by Crippen LogP contribution is 2.24. The van der Waals surface area contributed by atoms with Crippen molar-refractivity contribution in [1.82, 2.24) is 24.5 Å². The molecule has 3 rings (SSSR count). The topological polar surface area (TPSA) is 149 Å². The molecule has 0 aliphatic carbocycles. The summed E-state index contributed by atoms with van der Waals surface area (Å²) in [5.74, 6) is -8.27. The highest BCUT2D eigenvalue weighted by molar-refractivity contribution is 5.73. The van der Waals surface area contributed by atoms with Crippen LogP contribution in [0.5, 0.6) is 0 Å². The van der Waals surface area contributed by atoms with E-state index in [0.29, 0.717) is 12.1 Å². The van der Waals surface area contributed by atoms with Crippen molar-refractivity contribution in [1.29, 1.82) is 0 Å². The van der Waals surface area contributed by atoms with Crippen molar-refractivity contribution in [2.45, 2.75) is 37.2 Å². The maximum absolute atomic E-state index is 10.6. The molecule has 1 aromatic rings. The molecule has 21 heteroatoms.